The Labute approximate surface area is 115 Å². The van der Waals surface area contributed by atoms with E-state index in [9.17, 15) is 0 Å². The number of rotatable bonds is 2. The van der Waals surface area contributed by atoms with E-state index in [0.717, 1.165) is 27.3 Å². The van der Waals surface area contributed by atoms with Crippen LogP contribution < -0.4 is 0 Å². The first-order chi connectivity index (χ1) is 8.92. The molecule has 1 aromatic heterocycles. The average molecular weight is 272 g/mol. The molecule has 1 aliphatic rings. The van der Waals surface area contributed by atoms with Gasteiger partial charge < -0.3 is 0 Å². The average Bonchev–Trinajstić information content (AvgIpc) is 2.46. The first-order valence-corrected chi connectivity index (χ1v) is 7.71. The van der Waals surface area contributed by atoms with Gasteiger partial charge in [0.2, 0.25) is 0 Å². The molecular weight excluding hydrogens is 260 g/mol. The lowest BCUT2D eigenvalue weighted by Gasteiger charge is -2.13. The molecule has 0 spiro atoms. The fraction of sp³-hybridized carbons (Fsp3) is 0.143. The van der Waals surface area contributed by atoms with Gasteiger partial charge in [0, 0.05) is 17.7 Å². The summed E-state index contributed by atoms with van der Waals surface area (Å²) in [4.78, 5) is 9.00. The fourth-order valence-electron chi connectivity index (χ4n) is 1.71. The molecule has 1 aromatic carbocycles. The summed E-state index contributed by atoms with van der Waals surface area (Å²) >= 11 is 3.57. The summed E-state index contributed by atoms with van der Waals surface area (Å²) < 4.78 is 1.14. The van der Waals surface area contributed by atoms with Gasteiger partial charge in [-0.15, -0.1) is 0 Å². The molecule has 0 bridgehead atoms. The van der Waals surface area contributed by atoms with Gasteiger partial charge in [0.25, 0.3) is 0 Å². The number of nitrogens with zero attached hydrogens (tertiary/aromatic N) is 2. The van der Waals surface area contributed by atoms with Crippen LogP contribution in [0, 0.1) is 0 Å². The van der Waals surface area contributed by atoms with Crippen LogP contribution in [0.15, 0.2) is 53.7 Å². The topological polar surface area (TPSA) is 25.2 Å². The predicted molar refractivity (Wildman–Crippen MR) is 80.4 cm³/mol. The van der Waals surface area contributed by atoms with Gasteiger partial charge in [-0.1, -0.05) is 47.8 Å². The zero-order valence-corrected chi connectivity index (χ0v) is 11.4. The SMILES string of the molecule is c1ccc(CSC2=Nc3ccccc3CS2)nc1. The summed E-state index contributed by atoms with van der Waals surface area (Å²) in [5, 5.41) is 0. The van der Waals surface area contributed by atoms with E-state index < -0.39 is 0 Å². The van der Waals surface area contributed by atoms with Gasteiger partial charge in [-0.05, 0) is 23.8 Å². The Balaban J connectivity index is 1.70. The minimum absolute atomic E-state index is 0.884. The Kier molecular flexibility index (Phi) is 3.67. The molecule has 0 saturated carbocycles. The van der Waals surface area contributed by atoms with Crippen LogP contribution in [0.5, 0.6) is 0 Å². The molecule has 1 aliphatic heterocycles. The molecule has 0 atom stereocenters. The lowest BCUT2D eigenvalue weighted by atomic mass is 10.2. The third kappa shape index (κ3) is 2.76. The van der Waals surface area contributed by atoms with Gasteiger partial charge in [-0.2, -0.15) is 0 Å². The molecule has 4 heteroatoms. The zero-order chi connectivity index (χ0) is 12.2. The highest BCUT2D eigenvalue weighted by Gasteiger charge is 2.12. The van der Waals surface area contributed by atoms with Crippen molar-refractivity contribution in [2.75, 3.05) is 0 Å². The molecule has 0 saturated heterocycles. The van der Waals surface area contributed by atoms with Gasteiger partial charge in [0.1, 0.15) is 4.38 Å². The molecule has 0 unspecified atom stereocenters. The molecule has 3 rings (SSSR count). The van der Waals surface area contributed by atoms with E-state index in [1.807, 2.05) is 36.2 Å². The Bertz CT molecular complexity index is 567. The number of hydrogen-bond acceptors (Lipinski definition) is 4. The molecule has 90 valence electrons. The number of para-hydroxylation sites is 1. The van der Waals surface area contributed by atoms with Gasteiger partial charge in [0.15, 0.2) is 0 Å². The van der Waals surface area contributed by atoms with E-state index in [4.69, 9.17) is 0 Å². The van der Waals surface area contributed by atoms with Crippen molar-refractivity contribution in [1.82, 2.24) is 4.98 Å². The highest BCUT2D eigenvalue weighted by atomic mass is 32.2. The maximum Gasteiger partial charge on any atom is 0.131 e. The second kappa shape index (κ2) is 5.59. The highest BCUT2D eigenvalue weighted by molar-refractivity contribution is 8.38. The van der Waals surface area contributed by atoms with Crippen molar-refractivity contribution in [3.8, 4) is 0 Å². The molecular formula is C14H12N2S2. The smallest absolute Gasteiger partial charge is 0.131 e. The molecule has 0 amide bonds. The van der Waals surface area contributed by atoms with E-state index in [2.05, 4.69) is 34.2 Å². The molecule has 2 heterocycles. The number of aromatic nitrogens is 1. The van der Waals surface area contributed by atoms with E-state index in [1.54, 1.807) is 11.8 Å². The van der Waals surface area contributed by atoms with Crippen LogP contribution in [0.3, 0.4) is 0 Å². The summed E-state index contributed by atoms with van der Waals surface area (Å²) in [5.41, 5.74) is 3.54. The minimum atomic E-state index is 0.884. The number of aliphatic imine (C=N–C) groups is 1. The van der Waals surface area contributed by atoms with E-state index in [0.29, 0.717) is 0 Å². The molecule has 18 heavy (non-hydrogen) atoms. The lowest BCUT2D eigenvalue weighted by Crippen LogP contribution is -1.96. The lowest BCUT2D eigenvalue weighted by molar-refractivity contribution is 1.18. The van der Waals surface area contributed by atoms with Crippen molar-refractivity contribution in [3.63, 3.8) is 0 Å². The van der Waals surface area contributed by atoms with Crippen LogP contribution in [0.25, 0.3) is 0 Å². The summed E-state index contributed by atoms with van der Waals surface area (Å²) in [5.74, 6) is 1.90. The van der Waals surface area contributed by atoms with Crippen molar-refractivity contribution in [1.29, 1.82) is 0 Å². The van der Waals surface area contributed by atoms with Gasteiger partial charge in [-0.3, -0.25) is 4.98 Å². The second-order valence-electron chi connectivity index (χ2n) is 3.90. The maximum absolute atomic E-state index is 4.68. The monoisotopic (exact) mass is 272 g/mol. The predicted octanol–water partition coefficient (Wildman–Crippen LogP) is 4.25. The van der Waals surface area contributed by atoms with Crippen LogP contribution in [-0.2, 0) is 11.5 Å². The molecule has 0 N–H and O–H groups in total. The number of fused-ring (bicyclic) bond motifs is 1. The first-order valence-electron chi connectivity index (χ1n) is 5.74. The highest BCUT2D eigenvalue weighted by Crippen LogP contribution is 2.35. The number of benzene rings is 1. The number of hydrogen-bond donors (Lipinski definition) is 0. The summed E-state index contributed by atoms with van der Waals surface area (Å²) in [6.45, 7) is 0. The van der Waals surface area contributed by atoms with Gasteiger partial charge in [0.05, 0.1) is 11.4 Å². The van der Waals surface area contributed by atoms with E-state index >= 15 is 0 Å². The molecule has 0 fully saturated rings. The van der Waals surface area contributed by atoms with Crippen LogP contribution in [-0.4, -0.2) is 9.36 Å². The first kappa shape index (κ1) is 11.8. The third-order valence-electron chi connectivity index (χ3n) is 2.62. The Morgan fingerprint density at radius 3 is 2.89 bits per heavy atom. The zero-order valence-electron chi connectivity index (χ0n) is 9.74. The van der Waals surface area contributed by atoms with Crippen LogP contribution >= 0.6 is 23.5 Å². The number of pyridine rings is 1. The normalized spacial score (nSPS) is 13.9. The van der Waals surface area contributed by atoms with Gasteiger partial charge >= 0.3 is 0 Å². The van der Waals surface area contributed by atoms with E-state index in [-0.39, 0.29) is 0 Å². The van der Waals surface area contributed by atoms with Crippen molar-refractivity contribution in [2.45, 2.75) is 11.5 Å². The van der Waals surface area contributed by atoms with Crippen LogP contribution in [0.1, 0.15) is 11.3 Å². The molecule has 2 aromatic rings. The minimum Gasteiger partial charge on any atom is -0.260 e. The third-order valence-corrected chi connectivity index (χ3v) is 4.90. The Hall–Kier alpha value is -1.26. The number of thioether (sulfide) groups is 2. The van der Waals surface area contributed by atoms with Crippen molar-refractivity contribution in [2.24, 2.45) is 4.99 Å². The second-order valence-corrected chi connectivity index (χ2v) is 6.09. The molecule has 0 aliphatic carbocycles. The summed E-state index contributed by atoms with van der Waals surface area (Å²) in [6, 6.07) is 14.4. The summed E-state index contributed by atoms with van der Waals surface area (Å²) in [6.07, 6.45) is 1.83. The van der Waals surface area contributed by atoms with Gasteiger partial charge in [-0.25, -0.2) is 4.99 Å². The largest absolute Gasteiger partial charge is 0.260 e. The van der Waals surface area contributed by atoms with Crippen molar-refractivity contribution >= 4 is 33.6 Å². The maximum atomic E-state index is 4.68. The fourth-order valence-corrected chi connectivity index (χ4v) is 3.68. The van der Waals surface area contributed by atoms with E-state index in [1.165, 1.54) is 5.56 Å². The van der Waals surface area contributed by atoms with Crippen LogP contribution in [0.4, 0.5) is 5.69 Å². The Morgan fingerprint density at radius 1 is 1.11 bits per heavy atom. The standard InChI is InChI=1S/C14H12N2S2/c1-2-7-13-11(5-1)9-17-14(16-13)18-10-12-6-3-4-8-15-12/h1-8H,9-10H2. The van der Waals surface area contributed by atoms with Crippen LogP contribution in [0.2, 0.25) is 0 Å². The Morgan fingerprint density at radius 2 is 2.00 bits per heavy atom. The van der Waals surface area contributed by atoms with Crippen molar-refractivity contribution in [3.05, 3.63) is 59.9 Å². The molecule has 0 radical (unpaired) electrons. The van der Waals surface area contributed by atoms with Crippen molar-refractivity contribution < 1.29 is 0 Å². The quantitative estimate of drug-likeness (QED) is 0.817. The summed E-state index contributed by atoms with van der Waals surface area (Å²) in [7, 11) is 0. The molecule has 2 nitrogen and oxygen atoms in total.